The summed E-state index contributed by atoms with van der Waals surface area (Å²) in [6.45, 7) is 3.63. The van der Waals surface area contributed by atoms with Crippen LogP contribution in [0.4, 0.5) is 5.82 Å². The molecule has 3 rings (SSSR count). The molecule has 0 bridgehead atoms. The fourth-order valence-electron chi connectivity index (χ4n) is 3.67. The number of nitrogens with zero attached hydrogens (tertiary/aromatic N) is 5. The average Bonchev–Trinajstić information content (AvgIpc) is 2.70. The second-order valence-corrected chi connectivity index (χ2v) is 8.11. The van der Waals surface area contributed by atoms with Gasteiger partial charge in [0.2, 0.25) is 0 Å². The molecule has 28 heavy (non-hydrogen) atoms. The van der Waals surface area contributed by atoms with Gasteiger partial charge in [0.15, 0.2) is 10.3 Å². The monoisotopic (exact) mass is 416 g/mol. The van der Waals surface area contributed by atoms with Gasteiger partial charge in [-0.3, -0.25) is 9.89 Å². The van der Waals surface area contributed by atoms with Crippen molar-refractivity contribution in [2.45, 2.75) is 19.4 Å². The first kappa shape index (κ1) is 20.6. The number of likely N-dealkylation sites (tertiary alicyclic amines) is 1. The van der Waals surface area contributed by atoms with Crippen LogP contribution in [0.5, 0.6) is 0 Å². The maximum atomic E-state index is 9.53. The van der Waals surface area contributed by atoms with Crippen molar-refractivity contribution >= 4 is 29.6 Å². The Morgan fingerprint density at radius 1 is 1.29 bits per heavy atom. The third-order valence-electron chi connectivity index (χ3n) is 5.27. The zero-order valence-corrected chi connectivity index (χ0v) is 17.8. The fourth-order valence-corrected chi connectivity index (χ4v) is 3.98. The van der Waals surface area contributed by atoms with Gasteiger partial charge in [-0.25, -0.2) is 0 Å². The van der Waals surface area contributed by atoms with Gasteiger partial charge < -0.3 is 14.9 Å². The van der Waals surface area contributed by atoms with Crippen LogP contribution < -0.4 is 11.2 Å². The van der Waals surface area contributed by atoms with Crippen molar-refractivity contribution in [1.82, 2.24) is 14.0 Å². The Bertz CT molecular complexity index is 1020. The molecule has 0 amide bonds. The van der Waals surface area contributed by atoms with E-state index in [4.69, 9.17) is 34.5 Å². The molecule has 148 valence electrons. The van der Waals surface area contributed by atoms with Gasteiger partial charge in [-0.1, -0.05) is 23.7 Å². The number of piperidine rings is 1. The van der Waals surface area contributed by atoms with Crippen molar-refractivity contribution in [3.63, 3.8) is 0 Å². The lowest BCUT2D eigenvalue weighted by Crippen LogP contribution is -2.37. The molecule has 1 aromatic carbocycles. The molecule has 1 fully saturated rings. The summed E-state index contributed by atoms with van der Waals surface area (Å²) >= 11 is 11.4. The minimum Gasteiger partial charge on any atom is -0.384 e. The first-order chi connectivity index (χ1) is 13.4. The molecule has 2 heterocycles. The summed E-state index contributed by atoms with van der Waals surface area (Å²) in [4.78, 5) is 7.21. The van der Waals surface area contributed by atoms with Crippen LogP contribution in [-0.4, -0.2) is 33.7 Å². The normalized spacial score (nSPS) is 18.2. The fraction of sp³-hybridized carbons (Fsp3) is 0.450. The van der Waals surface area contributed by atoms with E-state index >= 15 is 0 Å². The van der Waals surface area contributed by atoms with Gasteiger partial charge in [0.05, 0.1) is 0 Å². The van der Waals surface area contributed by atoms with E-state index in [2.05, 4.69) is 23.1 Å². The maximum Gasteiger partial charge on any atom is 0.182 e. The second-order valence-electron chi connectivity index (χ2n) is 7.31. The van der Waals surface area contributed by atoms with Crippen LogP contribution >= 0.6 is 23.8 Å². The van der Waals surface area contributed by atoms with Crippen molar-refractivity contribution in [1.29, 1.82) is 5.26 Å². The summed E-state index contributed by atoms with van der Waals surface area (Å²) in [5, 5.41) is 10.3. The molecule has 8 heteroatoms. The van der Waals surface area contributed by atoms with Gasteiger partial charge in [0, 0.05) is 38.8 Å². The van der Waals surface area contributed by atoms with Gasteiger partial charge in [-0.15, -0.1) is 0 Å². The lowest BCUT2D eigenvalue weighted by atomic mass is 9.97. The summed E-state index contributed by atoms with van der Waals surface area (Å²) in [6, 6.07) is 10.2. The zero-order valence-electron chi connectivity index (χ0n) is 16.2. The van der Waals surface area contributed by atoms with E-state index in [9.17, 15) is 5.26 Å². The lowest BCUT2D eigenvalue weighted by Gasteiger charge is -2.32. The smallest absolute Gasteiger partial charge is 0.182 e. The summed E-state index contributed by atoms with van der Waals surface area (Å²) in [7, 11) is 3.59. The Kier molecular flexibility index (Phi) is 6.55. The van der Waals surface area contributed by atoms with Crippen molar-refractivity contribution in [3.8, 4) is 6.07 Å². The standard InChI is InChI=1S/C20H25ClN6S/c1-25-18(23)17(10-22)19(26(2)20(25)28)24-11-15-4-3-9-27(13-15)12-14-5-7-16(21)8-6-14/h5-8,15H,3-4,9,11-13,23H2,1-2H3. The third kappa shape index (κ3) is 4.46. The van der Waals surface area contributed by atoms with Crippen molar-refractivity contribution in [3.05, 3.63) is 50.7 Å². The molecule has 6 nitrogen and oxygen atoms in total. The number of benzene rings is 1. The highest BCUT2D eigenvalue weighted by Gasteiger charge is 2.20. The Morgan fingerprint density at radius 2 is 2.00 bits per heavy atom. The molecule has 1 atom stereocenters. The Morgan fingerprint density at radius 3 is 2.68 bits per heavy atom. The van der Waals surface area contributed by atoms with Gasteiger partial charge in [-0.2, -0.15) is 5.26 Å². The highest BCUT2D eigenvalue weighted by Crippen LogP contribution is 2.20. The first-order valence-corrected chi connectivity index (χ1v) is 10.1. The number of hydrogen-bond acceptors (Lipinski definition) is 5. The minimum absolute atomic E-state index is 0.359. The number of rotatable bonds is 4. The van der Waals surface area contributed by atoms with Gasteiger partial charge in [0.1, 0.15) is 17.5 Å². The molecule has 0 spiro atoms. The average molecular weight is 417 g/mol. The van der Waals surface area contributed by atoms with Crippen LogP contribution in [0, 0.1) is 22.0 Å². The van der Waals surface area contributed by atoms with E-state index in [-0.39, 0.29) is 0 Å². The van der Waals surface area contributed by atoms with Gasteiger partial charge >= 0.3 is 0 Å². The van der Waals surface area contributed by atoms with Crippen LogP contribution in [-0.2, 0) is 20.6 Å². The molecular formula is C20H25ClN6S. The summed E-state index contributed by atoms with van der Waals surface area (Å²) in [5.74, 6) is 0.800. The third-order valence-corrected chi connectivity index (χ3v) is 6.07. The SMILES string of the molecule is Cn1c(N)c(C#N)c(=NCC2CCCN(Cc3ccc(Cl)cc3)C2)n(C)c1=S. The number of halogens is 1. The first-order valence-electron chi connectivity index (χ1n) is 9.33. The summed E-state index contributed by atoms with van der Waals surface area (Å²) in [5.41, 5.74) is 8.29. The maximum absolute atomic E-state index is 9.53. The molecule has 1 unspecified atom stereocenters. The molecular weight excluding hydrogens is 392 g/mol. The van der Waals surface area contributed by atoms with Crippen molar-refractivity contribution in [2.75, 3.05) is 25.4 Å². The van der Waals surface area contributed by atoms with E-state index in [0.29, 0.717) is 34.1 Å². The molecule has 0 radical (unpaired) electrons. The zero-order chi connectivity index (χ0) is 20.3. The molecule has 0 aliphatic carbocycles. The second kappa shape index (κ2) is 8.91. The lowest BCUT2D eigenvalue weighted by molar-refractivity contribution is 0.170. The highest BCUT2D eigenvalue weighted by molar-refractivity contribution is 7.71. The van der Waals surface area contributed by atoms with E-state index in [1.807, 2.05) is 19.2 Å². The van der Waals surface area contributed by atoms with E-state index in [1.165, 1.54) is 5.56 Å². The highest BCUT2D eigenvalue weighted by atomic mass is 35.5. The Hall–Kier alpha value is -2.14. The van der Waals surface area contributed by atoms with E-state index < -0.39 is 0 Å². The summed E-state index contributed by atoms with van der Waals surface area (Å²) < 4.78 is 3.95. The van der Waals surface area contributed by atoms with Crippen molar-refractivity contribution in [2.24, 2.45) is 25.0 Å². The van der Waals surface area contributed by atoms with Crippen LogP contribution in [0.3, 0.4) is 0 Å². The quantitative estimate of drug-likeness (QED) is 0.777. The topological polar surface area (TPSA) is 75.3 Å². The number of hydrogen-bond donors (Lipinski definition) is 1. The Balaban J connectivity index is 1.76. The van der Waals surface area contributed by atoms with Crippen LogP contribution in [0.25, 0.3) is 0 Å². The van der Waals surface area contributed by atoms with Gasteiger partial charge in [0.25, 0.3) is 0 Å². The molecule has 1 aromatic heterocycles. The predicted molar refractivity (Wildman–Crippen MR) is 114 cm³/mol. The number of nitrogens with two attached hydrogens (primary N) is 1. The molecule has 1 aliphatic rings. The number of aromatic nitrogens is 2. The molecule has 1 aliphatic heterocycles. The molecule has 2 N–H and O–H groups in total. The number of nitriles is 1. The predicted octanol–water partition coefficient (Wildman–Crippen LogP) is 3.01. The van der Waals surface area contributed by atoms with E-state index in [1.54, 1.807) is 16.2 Å². The minimum atomic E-state index is 0.359. The summed E-state index contributed by atoms with van der Waals surface area (Å²) in [6.07, 6.45) is 2.27. The van der Waals surface area contributed by atoms with Crippen molar-refractivity contribution < 1.29 is 0 Å². The largest absolute Gasteiger partial charge is 0.384 e. The number of anilines is 1. The Labute approximate surface area is 175 Å². The van der Waals surface area contributed by atoms with E-state index in [0.717, 1.165) is 37.5 Å². The van der Waals surface area contributed by atoms with Gasteiger partial charge in [-0.05, 0) is 55.2 Å². The molecule has 2 aromatic rings. The molecule has 0 saturated carbocycles. The van der Waals surface area contributed by atoms with Crippen LogP contribution in [0.2, 0.25) is 5.02 Å². The van der Waals surface area contributed by atoms with Crippen LogP contribution in [0.15, 0.2) is 29.3 Å². The van der Waals surface area contributed by atoms with Crippen LogP contribution in [0.1, 0.15) is 24.0 Å². The molecule has 1 saturated heterocycles. The number of nitrogen functional groups attached to an aromatic ring is 1.